The molecular weight excluding hydrogens is 380 g/mol. The fourth-order valence-electron chi connectivity index (χ4n) is 2.30. The molecule has 0 spiro atoms. The molecule has 2 aromatic carbocycles. The first-order chi connectivity index (χ1) is 13.1. The molecule has 3 aromatic rings. The highest BCUT2D eigenvalue weighted by Crippen LogP contribution is 2.20. The lowest BCUT2D eigenvalue weighted by atomic mass is 10.3. The van der Waals surface area contributed by atoms with Crippen LogP contribution in [0.5, 0.6) is 0 Å². The fourth-order valence-corrected chi connectivity index (χ4v) is 3.46. The molecule has 3 rings (SSSR count). The van der Waals surface area contributed by atoms with Gasteiger partial charge < -0.3 is 10.6 Å². The number of benzene rings is 2. The van der Waals surface area contributed by atoms with Gasteiger partial charge in [0.05, 0.1) is 12.1 Å². The summed E-state index contributed by atoms with van der Waals surface area (Å²) < 4.78 is 0. The molecule has 0 saturated heterocycles. The van der Waals surface area contributed by atoms with Gasteiger partial charge in [-0.2, -0.15) is 0 Å². The summed E-state index contributed by atoms with van der Waals surface area (Å²) in [5.74, 6) is -0.154. The smallest absolute Gasteiger partial charge is 0.325 e. The van der Waals surface area contributed by atoms with E-state index in [1.807, 2.05) is 48.7 Å². The van der Waals surface area contributed by atoms with Crippen molar-refractivity contribution >= 4 is 51.5 Å². The maximum Gasteiger partial charge on any atom is 0.325 e. The summed E-state index contributed by atoms with van der Waals surface area (Å²) in [6.07, 6.45) is 2.13. The van der Waals surface area contributed by atoms with Gasteiger partial charge in [0.1, 0.15) is 0 Å². The van der Waals surface area contributed by atoms with Gasteiger partial charge in [0, 0.05) is 21.7 Å². The maximum atomic E-state index is 12.2. The summed E-state index contributed by atoms with van der Waals surface area (Å²) >= 11 is 2.89. The van der Waals surface area contributed by atoms with Gasteiger partial charge in [-0.25, -0.2) is 9.78 Å². The Bertz CT molecular complexity index is 928. The lowest BCUT2D eigenvalue weighted by Crippen LogP contribution is -2.19. The predicted octanol–water partition coefficient (Wildman–Crippen LogP) is 4.69. The number of aromatic nitrogens is 1. The minimum absolute atomic E-state index is 0.141. The Morgan fingerprint density at radius 2 is 1.78 bits per heavy atom. The van der Waals surface area contributed by atoms with Crippen molar-refractivity contribution in [3.63, 3.8) is 0 Å². The van der Waals surface area contributed by atoms with E-state index in [0.717, 1.165) is 10.6 Å². The van der Waals surface area contributed by atoms with Gasteiger partial charge in [0.2, 0.25) is 5.91 Å². The van der Waals surface area contributed by atoms with Crippen molar-refractivity contribution in [2.24, 2.45) is 0 Å². The van der Waals surface area contributed by atoms with Gasteiger partial charge >= 0.3 is 6.03 Å². The van der Waals surface area contributed by atoms with Crippen molar-refractivity contribution < 1.29 is 9.59 Å². The van der Waals surface area contributed by atoms with Crippen molar-refractivity contribution in [1.82, 2.24) is 4.98 Å². The Morgan fingerprint density at radius 3 is 2.56 bits per heavy atom. The first kappa shape index (κ1) is 18.9. The molecule has 0 unspecified atom stereocenters. The molecule has 0 radical (unpaired) electrons. The Hall–Kier alpha value is -2.84. The summed E-state index contributed by atoms with van der Waals surface area (Å²) in [6.45, 7) is 0. The molecule has 0 aliphatic rings. The molecular formula is C19H18N4O2S2. The minimum Gasteiger partial charge on any atom is -0.326 e. The summed E-state index contributed by atoms with van der Waals surface area (Å²) in [4.78, 5) is 29.5. The van der Waals surface area contributed by atoms with Gasteiger partial charge in [0.25, 0.3) is 0 Å². The molecule has 0 atom stereocenters. The number of hydrogen-bond acceptors (Lipinski definition) is 5. The number of urea groups is 1. The van der Waals surface area contributed by atoms with E-state index in [9.17, 15) is 9.59 Å². The average Bonchev–Trinajstić information content (AvgIpc) is 3.09. The van der Waals surface area contributed by atoms with Crippen LogP contribution in [0.4, 0.5) is 21.3 Å². The van der Waals surface area contributed by atoms with E-state index in [4.69, 9.17) is 0 Å². The van der Waals surface area contributed by atoms with Crippen LogP contribution in [0.2, 0.25) is 0 Å². The number of nitrogens with one attached hydrogen (secondary N) is 3. The Balaban J connectivity index is 1.52. The molecule has 1 heterocycles. The number of carbonyl (C=O) groups is 2. The Labute approximate surface area is 165 Å². The van der Waals surface area contributed by atoms with Crippen LogP contribution in [0, 0.1) is 0 Å². The Kier molecular flexibility index (Phi) is 6.45. The predicted molar refractivity (Wildman–Crippen MR) is 112 cm³/mol. The third-order valence-electron chi connectivity index (χ3n) is 3.50. The molecule has 138 valence electrons. The van der Waals surface area contributed by atoms with Crippen molar-refractivity contribution in [1.29, 1.82) is 0 Å². The maximum absolute atomic E-state index is 12.2. The molecule has 0 saturated carbocycles. The number of rotatable bonds is 6. The third-order valence-corrected chi connectivity index (χ3v) is 5.03. The molecule has 6 nitrogen and oxygen atoms in total. The molecule has 0 aliphatic carbocycles. The first-order valence-electron chi connectivity index (χ1n) is 8.14. The van der Waals surface area contributed by atoms with E-state index >= 15 is 0 Å². The molecule has 0 aliphatic heterocycles. The lowest BCUT2D eigenvalue weighted by Gasteiger charge is -2.06. The van der Waals surface area contributed by atoms with Crippen LogP contribution >= 0.6 is 23.1 Å². The Morgan fingerprint density at radius 1 is 1.00 bits per heavy atom. The SMILES string of the molecule is CSc1cccc(NC(=O)Cc2csc(NC(=O)Nc3ccccc3)n2)c1. The van der Waals surface area contributed by atoms with Gasteiger partial charge in [-0.1, -0.05) is 24.3 Å². The zero-order valence-electron chi connectivity index (χ0n) is 14.6. The highest BCUT2D eigenvalue weighted by atomic mass is 32.2. The molecule has 3 N–H and O–H groups in total. The number of thiazole rings is 1. The van der Waals surface area contributed by atoms with E-state index in [-0.39, 0.29) is 18.4 Å². The van der Waals surface area contributed by atoms with Gasteiger partial charge in [0.15, 0.2) is 5.13 Å². The molecule has 8 heteroatoms. The zero-order valence-corrected chi connectivity index (χ0v) is 16.2. The molecule has 27 heavy (non-hydrogen) atoms. The highest BCUT2D eigenvalue weighted by Gasteiger charge is 2.10. The van der Waals surface area contributed by atoms with Crippen LogP contribution in [-0.2, 0) is 11.2 Å². The van der Waals surface area contributed by atoms with Crippen LogP contribution in [0.3, 0.4) is 0 Å². The first-order valence-corrected chi connectivity index (χ1v) is 10.2. The summed E-state index contributed by atoms with van der Waals surface area (Å²) in [6, 6.07) is 16.4. The van der Waals surface area contributed by atoms with Crippen molar-refractivity contribution in [2.45, 2.75) is 11.3 Å². The topological polar surface area (TPSA) is 83.1 Å². The van der Waals surface area contributed by atoms with E-state index in [1.54, 1.807) is 29.3 Å². The van der Waals surface area contributed by atoms with Gasteiger partial charge in [-0.3, -0.25) is 10.1 Å². The van der Waals surface area contributed by atoms with E-state index in [0.29, 0.717) is 16.5 Å². The normalized spacial score (nSPS) is 10.3. The number of nitrogens with zero attached hydrogens (tertiary/aromatic N) is 1. The fraction of sp³-hybridized carbons (Fsp3) is 0.105. The average molecular weight is 399 g/mol. The third kappa shape index (κ3) is 5.83. The molecule has 1 aromatic heterocycles. The van der Waals surface area contributed by atoms with Crippen molar-refractivity contribution in [3.8, 4) is 0 Å². The number of hydrogen-bond donors (Lipinski definition) is 3. The van der Waals surface area contributed by atoms with Crippen molar-refractivity contribution in [2.75, 3.05) is 22.2 Å². The lowest BCUT2D eigenvalue weighted by molar-refractivity contribution is -0.115. The largest absolute Gasteiger partial charge is 0.326 e. The van der Waals surface area contributed by atoms with E-state index in [2.05, 4.69) is 20.9 Å². The van der Waals surface area contributed by atoms with Crippen LogP contribution in [0.15, 0.2) is 64.9 Å². The standard InChI is InChI=1S/C19H18N4O2S2/c1-26-16-9-5-8-14(10-16)20-17(24)11-15-12-27-19(22-15)23-18(25)21-13-6-3-2-4-7-13/h2-10,12H,11H2,1H3,(H,20,24)(H2,21,22,23,25). The van der Waals surface area contributed by atoms with Crippen LogP contribution in [-0.4, -0.2) is 23.2 Å². The molecule has 0 bridgehead atoms. The number of thioether (sulfide) groups is 1. The second-order valence-electron chi connectivity index (χ2n) is 5.55. The second kappa shape index (κ2) is 9.20. The van der Waals surface area contributed by atoms with Crippen LogP contribution in [0.1, 0.15) is 5.69 Å². The number of carbonyl (C=O) groups excluding carboxylic acids is 2. The quantitative estimate of drug-likeness (QED) is 0.526. The highest BCUT2D eigenvalue weighted by molar-refractivity contribution is 7.98. The van der Waals surface area contributed by atoms with Gasteiger partial charge in [-0.15, -0.1) is 23.1 Å². The number of amides is 3. The number of anilines is 3. The van der Waals surface area contributed by atoms with E-state index in [1.165, 1.54) is 11.3 Å². The second-order valence-corrected chi connectivity index (χ2v) is 7.28. The van der Waals surface area contributed by atoms with Crippen molar-refractivity contribution in [3.05, 3.63) is 65.7 Å². The number of para-hydroxylation sites is 1. The summed E-state index contributed by atoms with van der Waals surface area (Å²) in [5.41, 5.74) is 2.05. The monoisotopic (exact) mass is 398 g/mol. The summed E-state index contributed by atoms with van der Waals surface area (Å²) in [7, 11) is 0. The molecule has 0 fully saturated rings. The molecule has 3 amide bonds. The van der Waals surface area contributed by atoms with Gasteiger partial charge in [-0.05, 0) is 36.6 Å². The summed E-state index contributed by atoms with van der Waals surface area (Å²) in [5, 5.41) is 10.5. The van der Waals surface area contributed by atoms with Crippen LogP contribution < -0.4 is 16.0 Å². The van der Waals surface area contributed by atoms with Crippen LogP contribution in [0.25, 0.3) is 0 Å². The minimum atomic E-state index is -0.375. The van der Waals surface area contributed by atoms with E-state index < -0.39 is 0 Å². The zero-order chi connectivity index (χ0) is 19.1.